The summed E-state index contributed by atoms with van der Waals surface area (Å²) in [6.07, 6.45) is 3.88. The summed E-state index contributed by atoms with van der Waals surface area (Å²) in [7, 11) is 0. The second-order valence-corrected chi connectivity index (χ2v) is 5.99. The normalized spacial score (nSPS) is 23.6. The Morgan fingerprint density at radius 2 is 2.06 bits per heavy atom. The molecule has 1 heterocycles. The lowest BCUT2D eigenvalue weighted by molar-refractivity contribution is -0.136. The molecule has 3 rings (SSSR count). The van der Waals surface area contributed by atoms with E-state index in [4.69, 9.17) is 4.74 Å². The van der Waals surface area contributed by atoms with Crippen LogP contribution < -0.4 is 0 Å². The van der Waals surface area contributed by atoms with Gasteiger partial charge in [-0.1, -0.05) is 40.2 Å². The Balaban J connectivity index is 1.97. The molecule has 0 radical (unpaired) electrons. The lowest BCUT2D eigenvalue weighted by Crippen LogP contribution is -2.03. The largest absolute Gasteiger partial charge is 0.458 e. The Morgan fingerprint density at radius 1 is 1.22 bits per heavy atom. The highest BCUT2D eigenvalue weighted by atomic mass is 79.9. The van der Waals surface area contributed by atoms with Crippen molar-refractivity contribution in [2.75, 3.05) is 6.61 Å². The number of hydrogen-bond donors (Lipinski definition) is 0. The summed E-state index contributed by atoms with van der Waals surface area (Å²) >= 11 is 3.73. The average molecular weight is 307 g/mol. The molecule has 1 aromatic carbocycles. The fourth-order valence-electron chi connectivity index (χ4n) is 2.77. The fraction of sp³-hybridized carbons (Fsp3) is 0.400. The molecule has 18 heavy (non-hydrogen) atoms. The Morgan fingerprint density at radius 3 is 2.94 bits per heavy atom. The minimum atomic E-state index is -0.117. The first-order chi connectivity index (χ1) is 8.75. The quantitative estimate of drug-likeness (QED) is 0.539. The summed E-state index contributed by atoms with van der Waals surface area (Å²) in [6.45, 7) is 0.504. The van der Waals surface area contributed by atoms with Gasteiger partial charge in [0, 0.05) is 10.4 Å². The number of aryl methyl sites for hydroxylation is 1. The molecule has 1 aliphatic heterocycles. The van der Waals surface area contributed by atoms with Gasteiger partial charge in [0.15, 0.2) is 0 Å². The van der Waals surface area contributed by atoms with Gasteiger partial charge in [-0.25, -0.2) is 4.79 Å². The average Bonchev–Trinajstić information content (AvgIpc) is 2.74. The number of benzene rings is 1. The summed E-state index contributed by atoms with van der Waals surface area (Å²) in [5, 5.41) is 0. The Kier molecular flexibility index (Phi) is 3.25. The number of carbonyl (C=O) groups excluding carboxylic acids is 1. The summed E-state index contributed by atoms with van der Waals surface area (Å²) in [5.41, 5.74) is 4.81. The number of ether oxygens (including phenoxy) is 1. The smallest absolute Gasteiger partial charge is 0.334 e. The van der Waals surface area contributed by atoms with Crippen LogP contribution in [0, 0.1) is 0 Å². The monoisotopic (exact) mass is 306 g/mol. The van der Waals surface area contributed by atoms with E-state index in [2.05, 4.69) is 40.2 Å². The Hall–Kier alpha value is -1.09. The van der Waals surface area contributed by atoms with Gasteiger partial charge in [0.25, 0.3) is 0 Å². The third-order valence-corrected chi connectivity index (χ3v) is 4.57. The van der Waals surface area contributed by atoms with Crippen molar-refractivity contribution in [3.05, 3.63) is 46.5 Å². The summed E-state index contributed by atoms with van der Waals surface area (Å²) in [4.78, 5) is 12.0. The van der Waals surface area contributed by atoms with Gasteiger partial charge in [-0.05, 0) is 42.4 Å². The third-order valence-electron chi connectivity index (χ3n) is 3.75. The number of alkyl halides is 1. The molecule has 2 aliphatic rings. The van der Waals surface area contributed by atoms with E-state index in [-0.39, 0.29) is 10.8 Å². The zero-order valence-corrected chi connectivity index (χ0v) is 11.7. The van der Waals surface area contributed by atoms with Crippen molar-refractivity contribution in [2.45, 2.75) is 30.5 Å². The van der Waals surface area contributed by atoms with Gasteiger partial charge in [0.2, 0.25) is 0 Å². The maximum absolute atomic E-state index is 11.7. The molecule has 0 saturated heterocycles. The first-order valence-electron chi connectivity index (χ1n) is 6.35. The van der Waals surface area contributed by atoms with Crippen molar-refractivity contribution in [3.8, 4) is 0 Å². The highest BCUT2D eigenvalue weighted by molar-refractivity contribution is 9.09. The molecule has 0 bridgehead atoms. The molecule has 0 amide bonds. The highest BCUT2D eigenvalue weighted by Crippen LogP contribution is 2.37. The number of esters is 1. The van der Waals surface area contributed by atoms with Crippen LogP contribution in [0.25, 0.3) is 0 Å². The molecule has 0 N–H and O–H groups in total. The predicted molar refractivity (Wildman–Crippen MR) is 73.7 cm³/mol. The lowest BCUT2D eigenvalue weighted by atomic mass is 9.98. The molecule has 1 aliphatic carbocycles. The minimum absolute atomic E-state index is 0.117. The molecule has 0 aromatic heterocycles. The van der Waals surface area contributed by atoms with Crippen molar-refractivity contribution in [1.29, 1.82) is 0 Å². The number of cyclic esters (lactones) is 1. The van der Waals surface area contributed by atoms with Gasteiger partial charge in [0.05, 0.1) is 0 Å². The maximum Gasteiger partial charge on any atom is 0.334 e. The van der Waals surface area contributed by atoms with Crippen LogP contribution in [0.1, 0.15) is 35.2 Å². The maximum atomic E-state index is 11.7. The number of hydrogen-bond acceptors (Lipinski definition) is 2. The molecule has 94 valence electrons. The van der Waals surface area contributed by atoms with Crippen molar-refractivity contribution in [3.63, 3.8) is 0 Å². The fourth-order valence-corrected chi connectivity index (χ4v) is 3.54. The van der Waals surface area contributed by atoms with E-state index in [1.807, 2.05) is 0 Å². The summed E-state index contributed by atoms with van der Waals surface area (Å²) in [5.74, 6) is -0.117. The van der Waals surface area contributed by atoms with Crippen LogP contribution in [0.15, 0.2) is 35.4 Å². The standard InChI is InChI=1S/C15H15BrO2/c16-14-8-13-11(9-18-15(13)17)6-3-5-10-4-1-2-7-12(10)14/h1-2,4,7,14H,3,5-6,8-9H2/t14-/m1/s1. The zero-order chi connectivity index (χ0) is 12.5. The molecule has 0 spiro atoms. The molecule has 0 unspecified atom stereocenters. The Labute approximate surface area is 115 Å². The van der Waals surface area contributed by atoms with Crippen LogP contribution in [0.3, 0.4) is 0 Å². The summed E-state index contributed by atoms with van der Waals surface area (Å²) in [6, 6.07) is 8.50. The first-order valence-corrected chi connectivity index (χ1v) is 7.27. The molecular formula is C15H15BrO2. The van der Waals surface area contributed by atoms with E-state index in [0.29, 0.717) is 6.61 Å². The van der Waals surface area contributed by atoms with Gasteiger partial charge in [-0.15, -0.1) is 0 Å². The van der Waals surface area contributed by atoms with E-state index < -0.39 is 0 Å². The van der Waals surface area contributed by atoms with E-state index >= 15 is 0 Å². The van der Waals surface area contributed by atoms with E-state index in [9.17, 15) is 4.79 Å². The van der Waals surface area contributed by atoms with Gasteiger partial charge in [-0.3, -0.25) is 0 Å². The Bertz CT molecular complexity index is 519. The van der Waals surface area contributed by atoms with Crippen LogP contribution in [0.5, 0.6) is 0 Å². The highest BCUT2D eigenvalue weighted by Gasteiger charge is 2.28. The van der Waals surface area contributed by atoms with Crippen LogP contribution in [0.4, 0.5) is 0 Å². The predicted octanol–water partition coefficient (Wildman–Crippen LogP) is 3.70. The molecule has 1 aromatic rings. The van der Waals surface area contributed by atoms with Gasteiger partial charge in [-0.2, -0.15) is 0 Å². The van der Waals surface area contributed by atoms with Crippen LogP contribution in [0.2, 0.25) is 0 Å². The SMILES string of the molecule is O=C1OCC2=C1C[C@@H](Br)c1ccccc1CCC2. The second kappa shape index (κ2) is 4.88. The topological polar surface area (TPSA) is 26.3 Å². The van der Waals surface area contributed by atoms with E-state index in [1.54, 1.807) is 0 Å². The van der Waals surface area contributed by atoms with Gasteiger partial charge < -0.3 is 4.74 Å². The summed E-state index contributed by atoms with van der Waals surface area (Å²) < 4.78 is 5.15. The van der Waals surface area contributed by atoms with E-state index in [0.717, 1.165) is 31.3 Å². The van der Waals surface area contributed by atoms with Crippen molar-refractivity contribution < 1.29 is 9.53 Å². The van der Waals surface area contributed by atoms with Crippen molar-refractivity contribution >= 4 is 21.9 Å². The molecule has 2 nitrogen and oxygen atoms in total. The molecule has 3 heteroatoms. The first kappa shape index (κ1) is 12.0. The molecule has 0 saturated carbocycles. The van der Waals surface area contributed by atoms with E-state index in [1.165, 1.54) is 16.7 Å². The minimum Gasteiger partial charge on any atom is -0.458 e. The van der Waals surface area contributed by atoms with Crippen LogP contribution in [-0.4, -0.2) is 12.6 Å². The number of carbonyl (C=O) groups is 1. The second-order valence-electron chi connectivity index (χ2n) is 4.88. The van der Waals surface area contributed by atoms with Crippen LogP contribution in [-0.2, 0) is 16.0 Å². The third kappa shape index (κ3) is 2.12. The van der Waals surface area contributed by atoms with Crippen molar-refractivity contribution in [1.82, 2.24) is 0 Å². The van der Waals surface area contributed by atoms with Crippen LogP contribution >= 0.6 is 15.9 Å². The molecule has 1 atom stereocenters. The molecule has 0 fully saturated rings. The van der Waals surface area contributed by atoms with Gasteiger partial charge >= 0.3 is 5.97 Å². The zero-order valence-electron chi connectivity index (χ0n) is 10.1. The number of halogens is 1. The lowest BCUT2D eigenvalue weighted by Gasteiger charge is -2.13. The molecular weight excluding hydrogens is 292 g/mol. The van der Waals surface area contributed by atoms with Crippen molar-refractivity contribution in [2.24, 2.45) is 0 Å². The number of rotatable bonds is 0. The number of fused-ring (bicyclic) bond motifs is 1. The van der Waals surface area contributed by atoms with Gasteiger partial charge in [0.1, 0.15) is 6.61 Å².